The fourth-order valence-corrected chi connectivity index (χ4v) is 5.11. The number of amides is 2. The van der Waals surface area contributed by atoms with E-state index in [2.05, 4.69) is 10.6 Å². The third-order valence-corrected chi connectivity index (χ3v) is 7.38. The van der Waals surface area contributed by atoms with E-state index in [1.807, 2.05) is 13.0 Å². The third kappa shape index (κ3) is 5.56. The molecule has 0 bridgehead atoms. The number of hydrogen-bond acceptors (Lipinski definition) is 5. The van der Waals surface area contributed by atoms with Gasteiger partial charge in [-0.15, -0.1) is 0 Å². The van der Waals surface area contributed by atoms with Crippen LogP contribution in [0, 0.1) is 12.7 Å². The summed E-state index contributed by atoms with van der Waals surface area (Å²) >= 11 is 0. The van der Waals surface area contributed by atoms with Gasteiger partial charge in [0.2, 0.25) is 10.0 Å². The van der Waals surface area contributed by atoms with Gasteiger partial charge in [0.15, 0.2) is 0 Å². The number of benzene rings is 3. The van der Waals surface area contributed by atoms with Gasteiger partial charge in [-0.2, -0.15) is 4.31 Å². The van der Waals surface area contributed by atoms with E-state index in [0.717, 1.165) is 23.8 Å². The quantitative estimate of drug-likeness (QED) is 0.541. The van der Waals surface area contributed by atoms with Crippen molar-refractivity contribution in [3.8, 4) is 0 Å². The van der Waals surface area contributed by atoms with Crippen LogP contribution >= 0.6 is 0 Å². The molecule has 0 aromatic heterocycles. The molecule has 3 aromatic rings. The molecule has 1 aliphatic rings. The molecule has 0 atom stereocenters. The van der Waals surface area contributed by atoms with Crippen molar-refractivity contribution in [1.82, 2.24) is 4.31 Å². The number of anilines is 2. The number of rotatable bonds is 6. The maximum absolute atomic E-state index is 14.6. The highest BCUT2D eigenvalue weighted by atomic mass is 32.2. The van der Waals surface area contributed by atoms with E-state index in [1.165, 1.54) is 16.4 Å². The molecule has 10 heteroatoms. The second kappa shape index (κ2) is 10.3. The number of hydrogen-bond donors (Lipinski definition) is 2. The number of carbonyl (C=O) groups is 2. The van der Waals surface area contributed by atoms with Crippen LogP contribution < -0.4 is 10.6 Å². The Bertz CT molecular complexity index is 1370. The molecule has 0 radical (unpaired) electrons. The van der Waals surface area contributed by atoms with Crippen LogP contribution in [0.4, 0.5) is 15.8 Å². The molecule has 8 nitrogen and oxygen atoms in total. The van der Waals surface area contributed by atoms with Gasteiger partial charge in [0.05, 0.1) is 34.9 Å². The van der Waals surface area contributed by atoms with Gasteiger partial charge >= 0.3 is 0 Å². The smallest absolute Gasteiger partial charge is 0.258 e. The van der Waals surface area contributed by atoms with Crippen molar-refractivity contribution in [2.45, 2.75) is 11.8 Å². The summed E-state index contributed by atoms with van der Waals surface area (Å²) in [4.78, 5) is 25.6. The highest BCUT2D eigenvalue weighted by Gasteiger charge is 2.28. The molecular formula is C25H24FN3O5S. The van der Waals surface area contributed by atoms with Gasteiger partial charge in [0.1, 0.15) is 5.82 Å². The maximum Gasteiger partial charge on any atom is 0.258 e. The van der Waals surface area contributed by atoms with Crippen LogP contribution in [0.1, 0.15) is 26.3 Å². The number of nitrogens with zero attached hydrogens (tertiary/aromatic N) is 1. The summed E-state index contributed by atoms with van der Waals surface area (Å²) in [6.07, 6.45) is 0. The second-order valence-corrected chi connectivity index (χ2v) is 9.92. The zero-order valence-corrected chi connectivity index (χ0v) is 19.8. The van der Waals surface area contributed by atoms with Gasteiger partial charge in [-0.1, -0.05) is 24.3 Å². The molecule has 0 unspecified atom stereocenters. The van der Waals surface area contributed by atoms with Crippen LogP contribution in [-0.4, -0.2) is 50.8 Å². The van der Waals surface area contributed by atoms with Gasteiger partial charge < -0.3 is 15.4 Å². The van der Waals surface area contributed by atoms with E-state index in [-0.39, 0.29) is 42.4 Å². The van der Waals surface area contributed by atoms with Crippen molar-refractivity contribution in [2.75, 3.05) is 36.9 Å². The van der Waals surface area contributed by atoms with Crippen molar-refractivity contribution in [2.24, 2.45) is 0 Å². The van der Waals surface area contributed by atoms with Gasteiger partial charge in [-0.05, 0) is 55.0 Å². The van der Waals surface area contributed by atoms with E-state index in [0.29, 0.717) is 5.69 Å². The number of halogens is 1. The predicted octanol–water partition coefficient (Wildman–Crippen LogP) is 3.66. The molecule has 2 N–H and O–H groups in total. The lowest BCUT2D eigenvalue weighted by molar-refractivity contribution is 0.0730. The first-order valence-electron chi connectivity index (χ1n) is 10.9. The predicted molar refractivity (Wildman–Crippen MR) is 130 cm³/mol. The van der Waals surface area contributed by atoms with Crippen LogP contribution in [0.2, 0.25) is 0 Å². The molecule has 2 amide bonds. The number of ether oxygens (including phenoxy) is 1. The van der Waals surface area contributed by atoms with Crippen LogP contribution in [-0.2, 0) is 14.8 Å². The zero-order valence-electron chi connectivity index (χ0n) is 19.0. The van der Waals surface area contributed by atoms with Gasteiger partial charge in [0, 0.05) is 18.8 Å². The van der Waals surface area contributed by atoms with Crippen LogP contribution in [0.15, 0.2) is 71.6 Å². The number of nitrogens with one attached hydrogen (secondary N) is 2. The standard InChI is InChI=1S/C25H24FN3O5S/c1-17-5-4-6-18(15-17)27-24(30)20-7-2-3-8-23(20)28-25(31)21-16-19(9-10-22(21)26)35(32,33)29-11-13-34-14-12-29/h2-10,15-16H,11-14H2,1H3,(H,27,30)(H,28,31). The van der Waals surface area contributed by atoms with Gasteiger partial charge in [-0.25, -0.2) is 12.8 Å². The minimum Gasteiger partial charge on any atom is -0.379 e. The number of morpholine rings is 1. The summed E-state index contributed by atoms with van der Waals surface area (Å²) in [5.74, 6) is -2.22. The summed E-state index contributed by atoms with van der Waals surface area (Å²) in [6, 6.07) is 16.6. The molecule has 0 saturated carbocycles. The first-order valence-corrected chi connectivity index (χ1v) is 12.4. The molecule has 0 aliphatic carbocycles. The maximum atomic E-state index is 14.6. The number of para-hydroxylation sites is 1. The average Bonchev–Trinajstić information content (AvgIpc) is 2.85. The Morgan fingerprint density at radius 2 is 1.60 bits per heavy atom. The fraction of sp³-hybridized carbons (Fsp3) is 0.200. The average molecular weight is 498 g/mol. The zero-order chi connectivity index (χ0) is 25.0. The molecule has 1 fully saturated rings. The van der Waals surface area contributed by atoms with Crippen LogP contribution in [0.5, 0.6) is 0 Å². The van der Waals surface area contributed by atoms with Crippen molar-refractivity contribution in [3.63, 3.8) is 0 Å². The number of carbonyl (C=O) groups excluding carboxylic acids is 2. The van der Waals surface area contributed by atoms with Crippen LogP contribution in [0.25, 0.3) is 0 Å². The van der Waals surface area contributed by atoms with E-state index in [1.54, 1.807) is 30.3 Å². The monoisotopic (exact) mass is 497 g/mol. The van der Waals surface area contributed by atoms with Crippen molar-refractivity contribution >= 4 is 33.2 Å². The molecule has 1 heterocycles. The third-order valence-electron chi connectivity index (χ3n) is 5.49. The fourth-order valence-electron chi connectivity index (χ4n) is 3.68. The van der Waals surface area contributed by atoms with E-state index in [4.69, 9.17) is 4.74 Å². The lowest BCUT2D eigenvalue weighted by atomic mass is 10.1. The van der Waals surface area contributed by atoms with Crippen molar-refractivity contribution in [3.05, 3.63) is 89.2 Å². The Labute approximate surface area is 202 Å². The first kappa shape index (κ1) is 24.5. The molecule has 4 rings (SSSR count). The lowest BCUT2D eigenvalue weighted by Gasteiger charge is -2.26. The Morgan fingerprint density at radius 1 is 0.886 bits per heavy atom. The largest absolute Gasteiger partial charge is 0.379 e. The van der Waals surface area contributed by atoms with E-state index < -0.39 is 33.2 Å². The SMILES string of the molecule is Cc1cccc(NC(=O)c2ccccc2NC(=O)c2cc(S(=O)(=O)N3CCOCC3)ccc2F)c1. The highest BCUT2D eigenvalue weighted by molar-refractivity contribution is 7.89. The van der Waals surface area contributed by atoms with E-state index >= 15 is 0 Å². The van der Waals surface area contributed by atoms with E-state index in [9.17, 15) is 22.4 Å². The lowest BCUT2D eigenvalue weighted by Crippen LogP contribution is -2.40. The minimum absolute atomic E-state index is 0.156. The number of aryl methyl sites for hydroxylation is 1. The molecular weight excluding hydrogens is 473 g/mol. The molecule has 0 spiro atoms. The molecule has 1 aliphatic heterocycles. The minimum atomic E-state index is -3.92. The normalized spacial score (nSPS) is 14.3. The Hall–Kier alpha value is -3.60. The Morgan fingerprint density at radius 3 is 2.34 bits per heavy atom. The summed E-state index contributed by atoms with van der Waals surface area (Å²) in [5.41, 5.74) is 1.42. The molecule has 3 aromatic carbocycles. The summed E-state index contributed by atoms with van der Waals surface area (Å²) in [7, 11) is -3.92. The topological polar surface area (TPSA) is 105 Å². The van der Waals surface area contributed by atoms with Crippen LogP contribution in [0.3, 0.4) is 0 Å². The van der Waals surface area contributed by atoms with Crippen molar-refractivity contribution < 1.29 is 27.1 Å². The Balaban J connectivity index is 1.58. The summed E-state index contributed by atoms with van der Waals surface area (Å²) < 4.78 is 46.9. The van der Waals surface area contributed by atoms with Crippen molar-refractivity contribution in [1.29, 1.82) is 0 Å². The Kier molecular flexibility index (Phi) is 7.25. The number of sulfonamides is 1. The summed E-state index contributed by atoms with van der Waals surface area (Å²) in [5, 5.41) is 5.31. The van der Waals surface area contributed by atoms with Gasteiger partial charge in [-0.3, -0.25) is 9.59 Å². The second-order valence-electron chi connectivity index (χ2n) is 7.98. The molecule has 35 heavy (non-hydrogen) atoms. The highest BCUT2D eigenvalue weighted by Crippen LogP contribution is 2.23. The first-order chi connectivity index (χ1) is 16.8. The molecule has 1 saturated heterocycles. The van der Waals surface area contributed by atoms with Gasteiger partial charge in [0.25, 0.3) is 11.8 Å². The molecule has 182 valence electrons. The summed E-state index contributed by atoms with van der Waals surface area (Å²) in [6.45, 7) is 2.76.